The molecule has 9 heteroatoms. The summed E-state index contributed by atoms with van der Waals surface area (Å²) < 4.78 is 11.8. The summed E-state index contributed by atoms with van der Waals surface area (Å²) in [6.45, 7) is 13.4. The van der Waals surface area contributed by atoms with Crippen LogP contribution in [0.1, 0.15) is 48.7 Å². The molecule has 4 aromatic rings. The van der Waals surface area contributed by atoms with Crippen molar-refractivity contribution in [3.05, 3.63) is 58.9 Å². The van der Waals surface area contributed by atoms with Gasteiger partial charge in [0.15, 0.2) is 5.65 Å². The van der Waals surface area contributed by atoms with Crippen LogP contribution in [-0.2, 0) is 30.5 Å². The Morgan fingerprint density at radius 1 is 1.00 bits per heavy atom. The summed E-state index contributed by atoms with van der Waals surface area (Å²) in [6.07, 6.45) is 5.93. The fourth-order valence-electron chi connectivity index (χ4n) is 6.37. The van der Waals surface area contributed by atoms with Gasteiger partial charge in [-0.05, 0) is 55.4 Å². The van der Waals surface area contributed by atoms with E-state index in [0.29, 0.717) is 6.61 Å². The Bertz CT molecular complexity index is 1570. The van der Waals surface area contributed by atoms with Gasteiger partial charge < -0.3 is 19.4 Å². The van der Waals surface area contributed by atoms with Gasteiger partial charge in [-0.3, -0.25) is 4.90 Å². The smallest absolute Gasteiger partial charge is 0.177 e. The quantitative estimate of drug-likeness (QED) is 0.386. The molecule has 0 atom stereocenters. The second-order valence-corrected chi connectivity index (χ2v) is 12.4. The number of fused-ring (bicyclic) bond motifs is 3. The minimum atomic E-state index is 0.241. The molecule has 1 aliphatic carbocycles. The second kappa shape index (κ2) is 10.7. The number of hydrogen-bond acceptors (Lipinski definition) is 8. The number of aromatic nitrogens is 5. The van der Waals surface area contributed by atoms with E-state index in [-0.39, 0.29) is 5.41 Å². The zero-order valence-electron chi connectivity index (χ0n) is 24.4. The number of morpholine rings is 1. The van der Waals surface area contributed by atoms with Gasteiger partial charge in [0, 0.05) is 61.2 Å². The molecule has 7 rings (SSSR count). The number of benzene rings is 1. The van der Waals surface area contributed by atoms with Crippen molar-refractivity contribution >= 4 is 17.0 Å². The molecule has 0 saturated carbocycles. The zero-order chi connectivity index (χ0) is 28.0. The van der Waals surface area contributed by atoms with Crippen molar-refractivity contribution in [1.82, 2.24) is 29.8 Å². The van der Waals surface area contributed by atoms with Gasteiger partial charge in [-0.25, -0.2) is 19.9 Å². The van der Waals surface area contributed by atoms with Gasteiger partial charge in [-0.1, -0.05) is 19.9 Å². The summed E-state index contributed by atoms with van der Waals surface area (Å²) in [5.74, 6) is 3.87. The maximum Gasteiger partial charge on any atom is 0.177 e. The third kappa shape index (κ3) is 5.53. The standard InChI is InChI=1S/C32H39N7O2/c1-21-34-27-17-23(19-33-30(27)35-21)22-4-5-28-24(16-22)20-39(12-15-41-28)31-25-18-32(2,3)8-6-26(25)36-29(37-31)7-9-38-10-13-40-14-11-38/h4-5,16-17,19H,6-15,18,20H2,1-3H3,(H,33,34,35). The highest BCUT2D eigenvalue weighted by Gasteiger charge is 2.32. The largest absolute Gasteiger partial charge is 0.491 e. The number of nitrogens with zero attached hydrogens (tertiary/aromatic N) is 6. The maximum atomic E-state index is 6.27. The molecule has 0 radical (unpaired) electrons. The molecule has 9 nitrogen and oxygen atoms in total. The number of imidazole rings is 1. The summed E-state index contributed by atoms with van der Waals surface area (Å²) in [7, 11) is 0. The Morgan fingerprint density at radius 2 is 1.88 bits per heavy atom. The average Bonchev–Trinajstić information content (AvgIpc) is 3.21. The van der Waals surface area contributed by atoms with E-state index in [0.717, 1.165) is 123 Å². The number of ether oxygens (including phenoxy) is 2. The van der Waals surface area contributed by atoms with E-state index in [1.54, 1.807) is 0 Å². The minimum absolute atomic E-state index is 0.241. The van der Waals surface area contributed by atoms with E-state index >= 15 is 0 Å². The van der Waals surface area contributed by atoms with Crippen molar-refractivity contribution < 1.29 is 9.47 Å². The van der Waals surface area contributed by atoms with Crippen LogP contribution in [0.2, 0.25) is 0 Å². The van der Waals surface area contributed by atoms with Gasteiger partial charge in [0.25, 0.3) is 0 Å². The maximum absolute atomic E-state index is 6.27. The Kier molecular flexibility index (Phi) is 6.87. The number of anilines is 1. The highest BCUT2D eigenvalue weighted by Crippen LogP contribution is 2.39. The molecule has 1 N–H and O–H groups in total. The van der Waals surface area contributed by atoms with Crippen LogP contribution in [0.25, 0.3) is 22.3 Å². The monoisotopic (exact) mass is 553 g/mol. The third-order valence-electron chi connectivity index (χ3n) is 8.70. The highest BCUT2D eigenvalue weighted by atomic mass is 16.5. The highest BCUT2D eigenvalue weighted by molar-refractivity contribution is 5.78. The summed E-state index contributed by atoms with van der Waals surface area (Å²) in [6, 6.07) is 8.60. The van der Waals surface area contributed by atoms with E-state index in [9.17, 15) is 0 Å². The van der Waals surface area contributed by atoms with E-state index in [1.807, 2.05) is 13.1 Å². The van der Waals surface area contributed by atoms with Crippen molar-refractivity contribution in [1.29, 1.82) is 0 Å². The first kappa shape index (κ1) is 26.3. The summed E-state index contributed by atoms with van der Waals surface area (Å²) in [5, 5.41) is 0. The normalized spacial score (nSPS) is 19.0. The molecule has 214 valence electrons. The van der Waals surface area contributed by atoms with Gasteiger partial charge in [0.05, 0.1) is 25.3 Å². The number of nitrogens with one attached hydrogen (secondary N) is 1. The fourth-order valence-corrected chi connectivity index (χ4v) is 6.37. The van der Waals surface area contributed by atoms with Crippen LogP contribution in [-0.4, -0.2) is 75.8 Å². The molecule has 1 aromatic carbocycles. The van der Waals surface area contributed by atoms with Crippen molar-refractivity contribution in [2.45, 2.75) is 53.0 Å². The lowest BCUT2D eigenvalue weighted by molar-refractivity contribution is 0.0382. The molecule has 0 bridgehead atoms. The number of aromatic amines is 1. The fraction of sp³-hybridized carbons (Fsp3) is 0.500. The number of hydrogen-bond donors (Lipinski definition) is 1. The van der Waals surface area contributed by atoms with Gasteiger partial charge in [0.2, 0.25) is 0 Å². The lowest BCUT2D eigenvalue weighted by Gasteiger charge is -2.34. The van der Waals surface area contributed by atoms with Crippen molar-refractivity contribution in [3.63, 3.8) is 0 Å². The van der Waals surface area contributed by atoms with Crippen LogP contribution < -0.4 is 9.64 Å². The first-order valence-corrected chi connectivity index (χ1v) is 14.9. The molecule has 41 heavy (non-hydrogen) atoms. The van der Waals surface area contributed by atoms with E-state index in [4.69, 9.17) is 19.4 Å². The van der Waals surface area contributed by atoms with E-state index in [1.165, 1.54) is 11.3 Å². The van der Waals surface area contributed by atoms with Crippen molar-refractivity contribution in [2.75, 3.05) is 50.9 Å². The Balaban J connectivity index is 1.21. The van der Waals surface area contributed by atoms with Crippen LogP contribution in [0.5, 0.6) is 5.75 Å². The van der Waals surface area contributed by atoms with Crippen LogP contribution >= 0.6 is 0 Å². The number of rotatable bonds is 5. The molecular formula is C32H39N7O2. The Morgan fingerprint density at radius 3 is 2.76 bits per heavy atom. The summed E-state index contributed by atoms with van der Waals surface area (Å²) in [5.41, 5.74) is 7.84. The van der Waals surface area contributed by atoms with Crippen LogP contribution in [0, 0.1) is 12.3 Å². The molecule has 3 aliphatic rings. The molecule has 5 heterocycles. The van der Waals surface area contributed by atoms with Crippen molar-refractivity contribution in [2.24, 2.45) is 5.41 Å². The molecule has 1 fully saturated rings. The molecule has 0 amide bonds. The Labute approximate surface area is 241 Å². The molecule has 0 unspecified atom stereocenters. The van der Waals surface area contributed by atoms with Crippen LogP contribution in [0.15, 0.2) is 30.5 Å². The molecule has 2 aliphatic heterocycles. The van der Waals surface area contributed by atoms with Gasteiger partial charge in [-0.2, -0.15) is 0 Å². The number of pyridine rings is 1. The predicted molar refractivity (Wildman–Crippen MR) is 159 cm³/mol. The first-order valence-electron chi connectivity index (χ1n) is 14.9. The lowest BCUT2D eigenvalue weighted by atomic mass is 9.76. The van der Waals surface area contributed by atoms with E-state index < -0.39 is 0 Å². The second-order valence-electron chi connectivity index (χ2n) is 12.4. The molecule has 0 spiro atoms. The minimum Gasteiger partial charge on any atom is -0.491 e. The average molecular weight is 554 g/mol. The molecule has 3 aromatic heterocycles. The van der Waals surface area contributed by atoms with Gasteiger partial charge in [0.1, 0.15) is 29.8 Å². The predicted octanol–water partition coefficient (Wildman–Crippen LogP) is 4.51. The molecular weight excluding hydrogens is 514 g/mol. The third-order valence-corrected chi connectivity index (χ3v) is 8.70. The SMILES string of the molecule is Cc1nc2ncc(-c3ccc4c(c3)CN(c3nc(CCN5CCOCC5)nc5c3CC(C)(C)CC5)CCO4)cc2[nH]1. The Hall–Kier alpha value is -3.56. The van der Waals surface area contributed by atoms with Crippen LogP contribution in [0.3, 0.4) is 0 Å². The molecule has 1 saturated heterocycles. The number of aryl methyl sites for hydroxylation is 2. The number of H-pyrrole nitrogens is 1. The topological polar surface area (TPSA) is 92.3 Å². The summed E-state index contributed by atoms with van der Waals surface area (Å²) in [4.78, 5) is 27.6. The van der Waals surface area contributed by atoms with Crippen LogP contribution in [0.4, 0.5) is 5.82 Å². The zero-order valence-corrected chi connectivity index (χ0v) is 24.4. The van der Waals surface area contributed by atoms with Gasteiger partial charge >= 0.3 is 0 Å². The van der Waals surface area contributed by atoms with Gasteiger partial charge in [-0.15, -0.1) is 0 Å². The van der Waals surface area contributed by atoms with Crippen molar-refractivity contribution in [3.8, 4) is 16.9 Å². The lowest BCUT2D eigenvalue weighted by Crippen LogP contribution is -2.38. The first-order chi connectivity index (χ1) is 19.9. The van der Waals surface area contributed by atoms with E-state index in [2.05, 4.69) is 62.9 Å². The summed E-state index contributed by atoms with van der Waals surface area (Å²) >= 11 is 0.